The Morgan fingerprint density at radius 1 is 0.865 bits per heavy atom. The Hall–Kier alpha value is -3.91. The van der Waals surface area contributed by atoms with Crippen LogP contribution in [0.2, 0.25) is 0 Å². The lowest BCUT2D eigenvalue weighted by Gasteiger charge is -2.16. The average Bonchev–Trinajstić information content (AvgIpc) is 2.91. The van der Waals surface area contributed by atoms with Crippen LogP contribution in [0.4, 0.5) is 10.5 Å². The number of hydrogen-bond donors (Lipinski definition) is 1. The average molecular weight is 519 g/mol. The molecular formula is C29H30N2O5S. The maximum atomic E-state index is 12.4. The number of fused-ring (bicyclic) bond motifs is 1. The number of aryl methyl sites for hydroxylation is 1. The van der Waals surface area contributed by atoms with Gasteiger partial charge in [0, 0.05) is 34.0 Å². The van der Waals surface area contributed by atoms with Crippen molar-refractivity contribution in [1.29, 1.82) is 0 Å². The molecule has 1 heterocycles. The van der Waals surface area contributed by atoms with Crippen LogP contribution in [0.3, 0.4) is 0 Å². The van der Waals surface area contributed by atoms with Crippen LogP contribution in [0.5, 0.6) is 23.0 Å². The molecule has 0 aliphatic heterocycles. The van der Waals surface area contributed by atoms with Gasteiger partial charge in [-0.3, -0.25) is 10.3 Å². The summed E-state index contributed by atoms with van der Waals surface area (Å²) < 4.78 is 22.5. The largest absolute Gasteiger partial charge is 0.493 e. The van der Waals surface area contributed by atoms with Crippen molar-refractivity contribution < 1.29 is 23.7 Å². The number of carbonyl (C=O) groups is 1. The number of ether oxygens (including phenoxy) is 4. The standard InChI is InChI=1S/C29H30N2O5S/c1-18-6-8-21(9-7-18)37-15-14-35-29(32)31-23-10-11-25(20(3)19(23)2)36-26-12-13-30-24-17-28(34-5)27(33-4)16-22(24)26/h6-13,16-17H,14-15H2,1-5H3,(H,31,32). The van der Waals surface area contributed by atoms with Gasteiger partial charge in [-0.05, 0) is 68.3 Å². The van der Waals surface area contributed by atoms with E-state index in [0.717, 1.165) is 26.9 Å². The summed E-state index contributed by atoms with van der Waals surface area (Å²) in [6.45, 7) is 6.25. The van der Waals surface area contributed by atoms with Crippen molar-refractivity contribution in [2.24, 2.45) is 0 Å². The summed E-state index contributed by atoms with van der Waals surface area (Å²) in [6.07, 6.45) is 1.20. The molecular weight excluding hydrogens is 488 g/mol. The zero-order chi connectivity index (χ0) is 26.4. The fourth-order valence-corrected chi connectivity index (χ4v) is 4.50. The first-order chi connectivity index (χ1) is 17.9. The molecule has 1 N–H and O–H groups in total. The third kappa shape index (κ3) is 6.27. The van der Waals surface area contributed by atoms with Gasteiger partial charge >= 0.3 is 6.09 Å². The number of methoxy groups -OCH3 is 2. The second-order valence-electron chi connectivity index (χ2n) is 8.42. The van der Waals surface area contributed by atoms with Crippen LogP contribution in [0, 0.1) is 20.8 Å². The highest BCUT2D eigenvalue weighted by molar-refractivity contribution is 7.99. The highest BCUT2D eigenvalue weighted by atomic mass is 32.2. The number of thioether (sulfide) groups is 1. The van der Waals surface area contributed by atoms with Gasteiger partial charge in [0.05, 0.1) is 19.7 Å². The molecule has 7 nitrogen and oxygen atoms in total. The molecule has 0 saturated heterocycles. The topological polar surface area (TPSA) is 78.9 Å². The Kier molecular flexibility index (Phi) is 8.40. The summed E-state index contributed by atoms with van der Waals surface area (Å²) in [5.74, 6) is 3.18. The molecule has 37 heavy (non-hydrogen) atoms. The zero-order valence-electron chi connectivity index (χ0n) is 21.6. The third-order valence-electron chi connectivity index (χ3n) is 6.01. The van der Waals surface area contributed by atoms with Crippen molar-refractivity contribution in [3.05, 3.63) is 77.5 Å². The van der Waals surface area contributed by atoms with Gasteiger partial charge in [-0.15, -0.1) is 11.8 Å². The van der Waals surface area contributed by atoms with E-state index in [1.54, 1.807) is 38.2 Å². The molecule has 1 amide bonds. The Bertz CT molecular complexity index is 1410. The summed E-state index contributed by atoms with van der Waals surface area (Å²) >= 11 is 1.65. The highest BCUT2D eigenvalue weighted by Gasteiger charge is 2.15. The third-order valence-corrected chi connectivity index (χ3v) is 6.98. The summed E-state index contributed by atoms with van der Waals surface area (Å²) in [5.41, 5.74) is 4.41. The Balaban J connectivity index is 1.41. The Labute approximate surface area is 221 Å². The van der Waals surface area contributed by atoms with Gasteiger partial charge in [0.15, 0.2) is 11.5 Å². The van der Waals surface area contributed by atoms with E-state index >= 15 is 0 Å². The van der Waals surface area contributed by atoms with E-state index in [-0.39, 0.29) is 0 Å². The monoisotopic (exact) mass is 518 g/mol. The fraction of sp³-hybridized carbons (Fsp3) is 0.241. The number of aromatic nitrogens is 1. The maximum absolute atomic E-state index is 12.4. The Morgan fingerprint density at radius 3 is 2.32 bits per heavy atom. The number of hydrogen-bond acceptors (Lipinski definition) is 7. The quantitative estimate of drug-likeness (QED) is 0.184. The number of nitrogens with zero attached hydrogens (tertiary/aromatic N) is 1. The molecule has 4 aromatic rings. The minimum Gasteiger partial charge on any atom is -0.493 e. The molecule has 0 aliphatic carbocycles. The first-order valence-electron chi connectivity index (χ1n) is 11.8. The fourth-order valence-electron chi connectivity index (χ4n) is 3.77. The van der Waals surface area contributed by atoms with Crippen molar-refractivity contribution >= 4 is 34.4 Å². The van der Waals surface area contributed by atoms with Crippen molar-refractivity contribution in [2.75, 3.05) is 31.9 Å². The normalized spacial score (nSPS) is 10.7. The maximum Gasteiger partial charge on any atom is 0.411 e. The number of rotatable bonds is 9. The van der Waals surface area contributed by atoms with Crippen LogP contribution in [0.25, 0.3) is 10.9 Å². The van der Waals surface area contributed by atoms with Crippen LogP contribution in [0.1, 0.15) is 16.7 Å². The first kappa shape index (κ1) is 26.2. The zero-order valence-corrected chi connectivity index (χ0v) is 22.4. The summed E-state index contributed by atoms with van der Waals surface area (Å²) in [5, 5.41) is 3.64. The molecule has 0 atom stereocenters. The molecule has 0 aliphatic rings. The number of nitrogens with one attached hydrogen (secondary N) is 1. The molecule has 3 aromatic carbocycles. The van der Waals surface area contributed by atoms with Gasteiger partial charge in [-0.1, -0.05) is 17.7 Å². The van der Waals surface area contributed by atoms with Gasteiger partial charge < -0.3 is 18.9 Å². The van der Waals surface area contributed by atoms with E-state index in [9.17, 15) is 4.79 Å². The van der Waals surface area contributed by atoms with E-state index in [0.29, 0.717) is 41.0 Å². The summed E-state index contributed by atoms with van der Waals surface area (Å²) in [7, 11) is 3.18. The number of anilines is 1. The van der Waals surface area contributed by atoms with Crippen LogP contribution < -0.4 is 19.5 Å². The lowest BCUT2D eigenvalue weighted by Crippen LogP contribution is -2.16. The Morgan fingerprint density at radius 2 is 1.59 bits per heavy atom. The molecule has 8 heteroatoms. The van der Waals surface area contributed by atoms with Crippen molar-refractivity contribution in [1.82, 2.24) is 4.98 Å². The molecule has 4 rings (SSSR count). The molecule has 1 aromatic heterocycles. The molecule has 0 radical (unpaired) electrons. The molecule has 0 bridgehead atoms. The van der Waals surface area contributed by atoms with E-state index < -0.39 is 6.09 Å². The molecule has 0 saturated carbocycles. The molecule has 0 spiro atoms. The molecule has 0 unspecified atom stereocenters. The van der Waals surface area contributed by atoms with Crippen molar-refractivity contribution in [3.8, 4) is 23.0 Å². The summed E-state index contributed by atoms with van der Waals surface area (Å²) in [4.78, 5) is 17.9. The number of pyridine rings is 1. The van der Waals surface area contributed by atoms with E-state index in [1.165, 1.54) is 5.56 Å². The SMILES string of the molecule is COc1cc2nccc(Oc3ccc(NC(=O)OCCSc4ccc(C)cc4)c(C)c3C)c2cc1OC. The lowest BCUT2D eigenvalue weighted by molar-refractivity contribution is 0.169. The minimum absolute atomic E-state index is 0.312. The predicted octanol–water partition coefficient (Wildman–Crippen LogP) is 7.31. The number of amides is 1. The van der Waals surface area contributed by atoms with E-state index in [1.807, 2.05) is 38.1 Å². The smallest absolute Gasteiger partial charge is 0.411 e. The van der Waals surface area contributed by atoms with Crippen LogP contribution in [-0.2, 0) is 4.74 Å². The highest BCUT2D eigenvalue weighted by Crippen LogP contribution is 2.38. The van der Waals surface area contributed by atoms with Gasteiger partial charge in [-0.25, -0.2) is 4.79 Å². The first-order valence-corrected chi connectivity index (χ1v) is 12.8. The van der Waals surface area contributed by atoms with Crippen LogP contribution in [-0.4, -0.2) is 37.7 Å². The van der Waals surface area contributed by atoms with Crippen LogP contribution >= 0.6 is 11.8 Å². The molecule has 0 fully saturated rings. The van der Waals surface area contributed by atoms with Gasteiger partial charge in [0.2, 0.25) is 0 Å². The van der Waals surface area contributed by atoms with Crippen LogP contribution in [0.15, 0.2) is 65.7 Å². The second-order valence-corrected chi connectivity index (χ2v) is 9.59. The van der Waals surface area contributed by atoms with Crippen molar-refractivity contribution in [3.63, 3.8) is 0 Å². The van der Waals surface area contributed by atoms with E-state index in [2.05, 4.69) is 41.5 Å². The second kappa shape index (κ2) is 11.9. The van der Waals surface area contributed by atoms with Gasteiger partial charge in [-0.2, -0.15) is 0 Å². The lowest BCUT2D eigenvalue weighted by atomic mass is 10.1. The minimum atomic E-state index is -0.484. The number of carbonyl (C=O) groups excluding carboxylic acids is 1. The molecule has 192 valence electrons. The number of benzene rings is 3. The summed E-state index contributed by atoms with van der Waals surface area (Å²) in [6, 6.07) is 17.4. The van der Waals surface area contributed by atoms with Crippen molar-refractivity contribution in [2.45, 2.75) is 25.7 Å². The van der Waals surface area contributed by atoms with Gasteiger partial charge in [0.1, 0.15) is 18.1 Å². The van der Waals surface area contributed by atoms with E-state index in [4.69, 9.17) is 18.9 Å². The predicted molar refractivity (Wildman–Crippen MR) is 148 cm³/mol. The van der Waals surface area contributed by atoms with Gasteiger partial charge in [0.25, 0.3) is 0 Å².